The first kappa shape index (κ1) is 19.8. The van der Waals surface area contributed by atoms with Gasteiger partial charge in [0.25, 0.3) is 11.8 Å². The van der Waals surface area contributed by atoms with Gasteiger partial charge in [0.1, 0.15) is 5.82 Å². The normalized spacial score (nSPS) is 15.1. The summed E-state index contributed by atoms with van der Waals surface area (Å²) in [7, 11) is 0. The van der Waals surface area contributed by atoms with E-state index in [9.17, 15) is 9.59 Å². The molecule has 0 saturated heterocycles. The molecule has 30 heavy (non-hydrogen) atoms. The van der Waals surface area contributed by atoms with E-state index in [2.05, 4.69) is 36.7 Å². The molecule has 1 aliphatic rings. The van der Waals surface area contributed by atoms with Gasteiger partial charge >= 0.3 is 0 Å². The average Bonchev–Trinajstić information content (AvgIpc) is 3.27. The highest BCUT2D eigenvalue weighted by atomic mass is 79.9. The Kier molecular flexibility index (Phi) is 5.85. The van der Waals surface area contributed by atoms with Crippen molar-refractivity contribution in [1.29, 1.82) is 0 Å². The molecule has 3 aromatic rings. The molecule has 0 bridgehead atoms. The van der Waals surface area contributed by atoms with Crippen molar-refractivity contribution in [2.75, 3.05) is 10.6 Å². The van der Waals surface area contributed by atoms with E-state index >= 15 is 0 Å². The molecule has 1 aliphatic heterocycles. The van der Waals surface area contributed by atoms with Crippen molar-refractivity contribution in [1.82, 2.24) is 4.98 Å². The number of pyridine rings is 1. The van der Waals surface area contributed by atoms with Crippen molar-refractivity contribution in [2.45, 2.75) is 12.5 Å². The van der Waals surface area contributed by atoms with Crippen LogP contribution in [0.15, 0.2) is 82.6 Å². The minimum atomic E-state index is -0.718. The van der Waals surface area contributed by atoms with Crippen molar-refractivity contribution in [2.24, 2.45) is 5.16 Å². The first-order chi connectivity index (χ1) is 14.6. The Morgan fingerprint density at radius 2 is 1.83 bits per heavy atom. The monoisotopic (exact) mass is 464 g/mol. The molecule has 0 fully saturated rings. The smallest absolute Gasteiger partial charge is 0.268 e. The average molecular weight is 465 g/mol. The summed E-state index contributed by atoms with van der Waals surface area (Å²) in [4.78, 5) is 34.5. The number of benzene rings is 2. The fraction of sp³-hybridized carbons (Fsp3) is 0.0909. The molecule has 2 N–H and O–H groups in total. The number of halogens is 1. The Bertz CT molecular complexity index is 1100. The van der Waals surface area contributed by atoms with Crippen LogP contribution in [0.3, 0.4) is 0 Å². The lowest BCUT2D eigenvalue weighted by atomic mass is 10.0. The third-order valence-electron chi connectivity index (χ3n) is 4.43. The van der Waals surface area contributed by atoms with Crippen molar-refractivity contribution in [3.8, 4) is 0 Å². The number of oxime groups is 1. The van der Waals surface area contributed by atoms with Gasteiger partial charge < -0.3 is 15.5 Å². The van der Waals surface area contributed by atoms with Gasteiger partial charge in [-0.05, 0) is 51.8 Å². The summed E-state index contributed by atoms with van der Waals surface area (Å²) in [6.45, 7) is 0. The molecule has 1 unspecified atom stereocenters. The summed E-state index contributed by atoms with van der Waals surface area (Å²) in [6.07, 6.45) is 1.26. The molecule has 2 amide bonds. The van der Waals surface area contributed by atoms with Gasteiger partial charge in [-0.3, -0.25) is 9.59 Å². The summed E-state index contributed by atoms with van der Waals surface area (Å²) in [6, 6.07) is 19.7. The second-order valence-electron chi connectivity index (χ2n) is 6.59. The Balaban J connectivity index is 1.38. The zero-order valence-electron chi connectivity index (χ0n) is 15.7. The highest BCUT2D eigenvalue weighted by Crippen LogP contribution is 2.19. The van der Waals surface area contributed by atoms with E-state index in [1.807, 2.05) is 30.3 Å². The Labute approximate surface area is 181 Å². The molecular weight excluding hydrogens is 448 g/mol. The van der Waals surface area contributed by atoms with Crippen LogP contribution in [0.2, 0.25) is 0 Å². The largest absolute Gasteiger partial charge is 0.382 e. The third-order valence-corrected chi connectivity index (χ3v) is 4.90. The van der Waals surface area contributed by atoms with Crippen LogP contribution >= 0.6 is 15.9 Å². The molecule has 1 atom stereocenters. The number of carbonyl (C=O) groups excluding carboxylic acids is 2. The van der Waals surface area contributed by atoms with E-state index < -0.39 is 6.10 Å². The lowest BCUT2D eigenvalue weighted by molar-refractivity contribution is -0.125. The molecule has 1 aromatic heterocycles. The topological polar surface area (TPSA) is 92.7 Å². The highest BCUT2D eigenvalue weighted by molar-refractivity contribution is 9.10. The lowest BCUT2D eigenvalue weighted by Gasteiger charge is -2.11. The number of anilines is 2. The zero-order valence-corrected chi connectivity index (χ0v) is 17.3. The van der Waals surface area contributed by atoms with Crippen LogP contribution in [-0.4, -0.2) is 28.6 Å². The van der Waals surface area contributed by atoms with Gasteiger partial charge in [0.15, 0.2) is 0 Å². The number of amides is 2. The van der Waals surface area contributed by atoms with Gasteiger partial charge in [-0.2, -0.15) is 0 Å². The van der Waals surface area contributed by atoms with Crippen LogP contribution in [0.4, 0.5) is 11.5 Å². The molecule has 0 spiro atoms. The molecule has 4 rings (SSSR count). The summed E-state index contributed by atoms with van der Waals surface area (Å²) >= 11 is 3.30. The van der Waals surface area contributed by atoms with Gasteiger partial charge in [-0.15, -0.1) is 0 Å². The molecule has 8 heteroatoms. The number of hydrogen-bond donors (Lipinski definition) is 2. The zero-order chi connectivity index (χ0) is 20.9. The third kappa shape index (κ3) is 4.72. The van der Waals surface area contributed by atoms with Crippen LogP contribution in [0.5, 0.6) is 0 Å². The van der Waals surface area contributed by atoms with Crippen LogP contribution in [0, 0.1) is 0 Å². The number of nitrogens with zero attached hydrogens (tertiary/aromatic N) is 2. The van der Waals surface area contributed by atoms with Crippen LogP contribution in [0.1, 0.15) is 22.3 Å². The van der Waals surface area contributed by atoms with Gasteiger partial charge in [-0.1, -0.05) is 41.6 Å². The minimum Gasteiger partial charge on any atom is -0.382 e. The van der Waals surface area contributed by atoms with Gasteiger partial charge in [-0.25, -0.2) is 4.98 Å². The van der Waals surface area contributed by atoms with Gasteiger partial charge in [0.05, 0.1) is 5.71 Å². The van der Waals surface area contributed by atoms with E-state index in [0.717, 1.165) is 15.7 Å². The van der Waals surface area contributed by atoms with Gasteiger partial charge in [0.2, 0.25) is 6.10 Å². The molecule has 0 saturated carbocycles. The number of aromatic nitrogens is 1. The number of nitrogens with one attached hydrogen (secondary N) is 2. The van der Waals surface area contributed by atoms with E-state index in [4.69, 9.17) is 4.84 Å². The molecule has 2 aromatic carbocycles. The summed E-state index contributed by atoms with van der Waals surface area (Å²) in [5.41, 5.74) is 2.54. The highest BCUT2D eigenvalue weighted by Gasteiger charge is 2.29. The van der Waals surface area contributed by atoms with Crippen LogP contribution in [-0.2, 0) is 9.63 Å². The van der Waals surface area contributed by atoms with Crippen molar-refractivity contribution in [3.63, 3.8) is 0 Å². The van der Waals surface area contributed by atoms with Crippen LogP contribution in [0.25, 0.3) is 0 Å². The maximum atomic E-state index is 12.6. The Morgan fingerprint density at radius 3 is 2.60 bits per heavy atom. The van der Waals surface area contributed by atoms with Crippen molar-refractivity contribution in [3.05, 3.63) is 88.5 Å². The first-order valence-electron chi connectivity index (χ1n) is 9.20. The van der Waals surface area contributed by atoms with E-state index in [0.29, 0.717) is 23.5 Å². The van der Waals surface area contributed by atoms with Crippen LogP contribution < -0.4 is 10.6 Å². The molecule has 7 nitrogen and oxygen atoms in total. The number of carbonyl (C=O) groups is 2. The summed E-state index contributed by atoms with van der Waals surface area (Å²) in [5, 5.41) is 9.53. The maximum absolute atomic E-state index is 12.6. The second kappa shape index (κ2) is 8.87. The maximum Gasteiger partial charge on any atom is 0.268 e. The van der Waals surface area contributed by atoms with E-state index in [-0.39, 0.29) is 11.8 Å². The fourth-order valence-electron chi connectivity index (χ4n) is 2.92. The fourth-order valence-corrected chi connectivity index (χ4v) is 3.15. The number of rotatable bonds is 5. The SMILES string of the molecule is O=C(Nc1ccc(Br)cn1)c1cccc(NC(=O)C2CC(c3ccccc3)=NO2)c1. The molecule has 0 aliphatic carbocycles. The Morgan fingerprint density at radius 1 is 1.00 bits per heavy atom. The molecular formula is C22H17BrN4O3. The predicted octanol–water partition coefficient (Wildman–Crippen LogP) is 4.23. The lowest BCUT2D eigenvalue weighted by Crippen LogP contribution is -2.28. The summed E-state index contributed by atoms with van der Waals surface area (Å²) < 4.78 is 0.818. The quantitative estimate of drug-likeness (QED) is 0.590. The van der Waals surface area contributed by atoms with Crippen molar-refractivity contribution < 1.29 is 14.4 Å². The first-order valence-corrected chi connectivity index (χ1v) is 10.00. The molecule has 2 heterocycles. The van der Waals surface area contributed by atoms with Gasteiger partial charge in [0, 0.05) is 28.3 Å². The minimum absolute atomic E-state index is 0.322. The molecule has 0 radical (unpaired) electrons. The van der Waals surface area contributed by atoms with E-state index in [1.54, 1.807) is 42.6 Å². The summed E-state index contributed by atoms with van der Waals surface area (Å²) in [5.74, 6) is -0.216. The second-order valence-corrected chi connectivity index (χ2v) is 7.50. The van der Waals surface area contributed by atoms with Crippen molar-refractivity contribution >= 4 is 45.0 Å². The van der Waals surface area contributed by atoms with E-state index in [1.165, 1.54) is 0 Å². The predicted molar refractivity (Wildman–Crippen MR) is 117 cm³/mol. The molecule has 150 valence electrons. The number of hydrogen-bond acceptors (Lipinski definition) is 5. The Hall–Kier alpha value is -3.52. The standard InChI is InChI=1S/C22H17BrN4O3/c23-16-9-10-20(24-13-16)26-21(28)15-7-4-8-17(11-15)25-22(29)19-12-18(27-30-19)14-5-2-1-3-6-14/h1-11,13,19H,12H2,(H,25,29)(H,24,26,28).